The van der Waals surface area contributed by atoms with E-state index in [1.807, 2.05) is 13.0 Å². The maximum atomic E-state index is 5.48. The SMILES string of the molecule is COc1cnc2occc2c(OC)c(C)cc2c1OCO2. The number of rotatable bonds is 2. The van der Waals surface area contributed by atoms with Crippen molar-refractivity contribution in [2.24, 2.45) is 0 Å². The fraction of sp³-hybridized carbons (Fsp3) is 0.267. The average Bonchev–Trinajstić information content (AvgIpc) is 3.11. The first-order chi connectivity index (χ1) is 10.2. The smallest absolute Gasteiger partial charge is 0.231 e. The van der Waals surface area contributed by atoms with Gasteiger partial charge in [-0.15, -0.1) is 0 Å². The minimum atomic E-state index is 0.140. The van der Waals surface area contributed by atoms with E-state index in [9.17, 15) is 0 Å². The molecule has 6 nitrogen and oxygen atoms in total. The monoisotopic (exact) mass is 289 g/mol. The number of fused-ring (bicyclic) bond motifs is 2. The second-order valence-corrected chi connectivity index (χ2v) is 4.43. The lowest BCUT2D eigenvalue weighted by atomic mass is 10.2. The van der Waals surface area contributed by atoms with Gasteiger partial charge in [0.1, 0.15) is 5.75 Å². The molecule has 0 radical (unpaired) electrons. The number of nitrogens with zero attached hydrogens (tertiary/aromatic N) is 1. The van der Waals surface area contributed by atoms with Crippen LogP contribution in [0.25, 0.3) is 11.1 Å². The summed E-state index contributed by atoms with van der Waals surface area (Å²) in [5.74, 6) is 2.22. The molecule has 21 heavy (non-hydrogen) atoms. The molecular weight excluding hydrogens is 274 g/mol. The van der Waals surface area contributed by atoms with Crippen LogP contribution in [0, 0.1) is 6.92 Å². The van der Waals surface area contributed by atoms with Crippen LogP contribution >= 0.6 is 0 Å². The molecule has 1 aliphatic heterocycles. The standard InChI is InChI=1S/C15H15NO5/c1-9-6-11-14(21-8-20-11)12(17-2)7-16-15-10(4-5-19-15)13(9)18-3/h4-7H,8H2,1-3H3. The first-order valence-electron chi connectivity index (χ1n) is 6.37. The second-order valence-electron chi connectivity index (χ2n) is 4.43. The summed E-state index contributed by atoms with van der Waals surface area (Å²) >= 11 is 0. The van der Waals surface area contributed by atoms with Gasteiger partial charge in [0.05, 0.1) is 32.1 Å². The van der Waals surface area contributed by atoms with E-state index >= 15 is 0 Å². The van der Waals surface area contributed by atoms with Crippen LogP contribution in [0.3, 0.4) is 0 Å². The number of hydrogen-bond donors (Lipinski definition) is 0. The van der Waals surface area contributed by atoms with Crippen LogP contribution in [0.15, 0.2) is 29.0 Å². The van der Waals surface area contributed by atoms with Crippen LogP contribution in [0.4, 0.5) is 0 Å². The highest BCUT2D eigenvalue weighted by Gasteiger charge is 2.18. The highest BCUT2D eigenvalue weighted by Crippen LogP contribution is 2.40. The van der Waals surface area contributed by atoms with Crippen LogP contribution in [0.5, 0.6) is 23.0 Å². The van der Waals surface area contributed by atoms with Gasteiger partial charge in [0.15, 0.2) is 11.5 Å². The van der Waals surface area contributed by atoms with Gasteiger partial charge >= 0.3 is 0 Å². The van der Waals surface area contributed by atoms with Crippen molar-refractivity contribution < 1.29 is 23.4 Å². The maximum absolute atomic E-state index is 5.48. The summed E-state index contributed by atoms with van der Waals surface area (Å²) in [4.78, 5) is 4.30. The van der Waals surface area contributed by atoms with Crippen molar-refractivity contribution in [3.8, 4) is 23.0 Å². The molecule has 3 heterocycles. The van der Waals surface area contributed by atoms with E-state index in [1.54, 1.807) is 26.5 Å². The number of aryl methyl sites for hydroxylation is 1. The highest BCUT2D eigenvalue weighted by molar-refractivity contribution is 5.81. The number of aromatic nitrogens is 1. The van der Waals surface area contributed by atoms with Crippen LogP contribution < -0.4 is 18.9 Å². The zero-order valence-corrected chi connectivity index (χ0v) is 12.0. The van der Waals surface area contributed by atoms with Gasteiger partial charge in [0.2, 0.25) is 18.3 Å². The highest BCUT2D eigenvalue weighted by atomic mass is 16.7. The van der Waals surface area contributed by atoms with E-state index in [1.165, 1.54) is 6.20 Å². The van der Waals surface area contributed by atoms with E-state index in [4.69, 9.17) is 23.4 Å². The zero-order valence-electron chi connectivity index (χ0n) is 12.0. The third kappa shape index (κ3) is 2.29. The van der Waals surface area contributed by atoms with Gasteiger partial charge in [-0.25, -0.2) is 4.98 Å². The number of hydrogen-bond acceptors (Lipinski definition) is 6. The van der Waals surface area contributed by atoms with Gasteiger partial charge in [-0.1, -0.05) is 0 Å². The lowest BCUT2D eigenvalue weighted by molar-refractivity contribution is 0.171. The summed E-state index contributed by atoms with van der Waals surface area (Å²) in [6.45, 7) is 2.06. The Morgan fingerprint density at radius 3 is 2.81 bits per heavy atom. The second kappa shape index (κ2) is 5.40. The van der Waals surface area contributed by atoms with Gasteiger partial charge in [-0.05, 0) is 24.6 Å². The van der Waals surface area contributed by atoms with E-state index in [0.717, 1.165) is 10.9 Å². The summed E-state index contributed by atoms with van der Waals surface area (Å²) in [6.07, 6.45) is 3.10. The van der Waals surface area contributed by atoms with Crippen molar-refractivity contribution in [3.05, 3.63) is 30.2 Å². The minimum absolute atomic E-state index is 0.140. The van der Waals surface area contributed by atoms with Crippen molar-refractivity contribution in [2.75, 3.05) is 21.0 Å². The van der Waals surface area contributed by atoms with Crippen LogP contribution in [-0.2, 0) is 0 Å². The number of methoxy groups -OCH3 is 2. The Morgan fingerprint density at radius 2 is 2.05 bits per heavy atom. The fourth-order valence-electron chi connectivity index (χ4n) is 2.23. The molecule has 2 aromatic heterocycles. The van der Waals surface area contributed by atoms with Crippen LogP contribution in [0.1, 0.15) is 5.56 Å². The molecule has 6 heteroatoms. The molecule has 0 aromatic carbocycles. The Morgan fingerprint density at radius 1 is 1.19 bits per heavy atom. The van der Waals surface area contributed by atoms with Crippen molar-refractivity contribution in [2.45, 2.75) is 6.92 Å². The molecule has 0 aliphatic carbocycles. The summed E-state index contributed by atoms with van der Waals surface area (Å²) in [5.41, 5.74) is 1.31. The predicted octanol–water partition coefficient (Wildman–Crippen LogP) is 3.01. The largest absolute Gasteiger partial charge is 0.496 e. The van der Waals surface area contributed by atoms with Gasteiger partial charge in [-0.3, -0.25) is 0 Å². The Kier molecular flexibility index (Phi) is 3.43. The van der Waals surface area contributed by atoms with Crippen molar-refractivity contribution in [3.63, 3.8) is 0 Å². The van der Waals surface area contributed by atoms with Gasteiger partial charge < -0.3 is 23.4 Å². The zero-order chi connectivity index (χ0) is 14.8. The summed E-state index contributed by atoms with van der Waals surface area (Å²) in [6, 6.07) is 3.65. The van der Waals surface area contributed by atoms with Gasteiger partial charge in [0, 0.05) is 0 Å². The third-order valence-corrected chi connectivity index (χ3v) is 3.18. The first kappa shape index (κ1) is 13.4. The molecule has 0 atom stereocenters. The first-order valence-corrected chi connectivity index (χ1v) is 6.37. The molecule has 0 saturated heterocycles. The lowest BCUT2D eigenvalue weighted by Crippen LogP contribution is -1.94. The number of furan rings is 1. The van der Waals surface area contributed by atoms with E-state index < -0.39 is 0 Å². The maximum Gasteiger partial charge on any atom is 0.231 e. The summed E-state index contributed by atoms with van der Waals surface area (Å²) < 4.78 is 27.1. The summed E-state index contributed by atoms with van der Waals surface area (Å²) in [5, 5.41) is 0.765. The Hall–Kier alpha value is -2.63. The van der Waals surface area contributed by atoms with Crippen molar-refractivity contribution >= 4 is 11.1 Å². The molecule has 0 bridgehead atoms. The molecular formula is C15H15NO5. The van der Waals surface area contributed by atoms with E-state index in [2.05, 4.69) is 4.98 Å². The predicted molar refractivity (Wildman–Crippen MR) is 75.6 cm³/mol. The molecule has 0 fully saturated rings. The molecule has 0 amide bonds. The van der Waals surface area contributed by atoms with Gasteiger partial charge in [0.25, 0.3) is 0 Å². The normalized spacial score (nSPS) is 12.1. The minimum Gasteiger partial charge on any atom is -0.496 e. The fourth-order valence-corrected chi connectivity index (χ4v) is 2.23. The van der Waals surface area contributed by atoms with Crippen LogP contribution in [-0.4, -0.2) is 26.0 Å². The van der Waals surface area contributed by atoms with Gasteiger partial charge in [-0.2, -0.15) is 0 Å². The Labute approximate surface area is 121 Å². The lowest BCUT2D eigenvalue weighted by Gasteiger charge is -2.04. The van der Waals surface area contributed by atoms with Crippen molar-refractivity contribution in [1.29, 1.82) is 0 Å². The molecule has 3 rings (SSSR count). The average molecular weight is 289 g/mol. The third-order valence-electron chi connectivity index (χ3n) is 3.18. The molecule has 110 valence electrons. The molecule has 0 saturated carbocycles. The molecule has 1 aliphatic rings. The molecule has 0 unspecified atom stereocenters. The molecule has 2 aromatic rings. The Bertz CT molecular complexity index is 736. The van der Waals surface area contributed by atoms with E-state index in [0.29, 0.717) is 28.7 Å². The van der Waals surface area contributed by atoms with Crippen molar-refractivity contribution in [1.82, 2.24) is 4.98 Å². The Balaban J connectivity index is 2.44. The molecule has 0 N–H and O–H groups in total. The topological polar surface area (TPSA) is 63.0 Å². The summed E-state index contributed by atoms with van der Waals surface area (Å²) in [7, 11) is 3.15. The quantitative estimate of drug-likeness (QED) is 0.847. The van der Waals surface area contributed by atoms with E-state index in [-0.39, 0.29) is 6.79 Å². The molecule has 0 spiro atoms. The number of ether oxygens (including phenoxy) is 4. The van der Waals surface area contributed by atoms with Crippen LogP contribution in [0.2, 0.25) is 0 Å².